The number of ether oxygens (including phenoxy) is 1. The minimum atomic E-state index is -0.499. The Morgan fingerprint density at radius 3 is 1.74 bits per heavy atom. The lowest BCUT2D eigenvalue weighted by Gasteiger charge is -2.41. The second-order valence-electron chi connectivity index (χ2n) is 10.3. The van der Waals surface area contributed by atoms with Crippen LogP contribution in [0.1, 0.15) is 50.8 Å². The second kappa shape index (κ2) is 10.6. The van der Waals surface area contributed by atoms with Crippen molar-refractivity contribution in [2.24, 2.45) is 5.92 Å². The molecule has 34 heavy (non-hydrogen) atoms. The Bertz CT molecular complexity index is 902. The predicted octanol–water partition coefficient (Wildman–Crippen LogP) is 4.57. The summed E-state index contributed by atoms with van der Waals surface area (Å²) in [6, 6.07) is 21.4. The van der Waals surface area contributed by atoms with Gasteiger partial charge in [-0.15, -0.1) is 0 Å². The maximum Gasteiger partial charge on any atom is 0.410 e. The van der Waals surface area contributed by atoms with Crippen molar-refractivity contribution in [3.63, 3.8) is 0 Å². The van der Waals surface area contributed by atoms with Gasteiger partial charge in [-0.05, 0) is 44.7 Å². The number of piperazine rings is 1. The van der Waals surface area contributed by atoms with Gasteiger partial charge in [0.1, 0.15) is 5.60 Å². The van der Waals surface area contributed by atoms with Crippen molar-refractivity contribution in [1.82, 2.24) is 14.7 Å². The number of likely N-dealkylation sites (tertiary alicyclic amines) is 1. The van der Waals surface area contributed by atoms with E-state index in [4.69, 9.17) is 4.74 Å². The van der Waals surface area contributed by atoms with Crippen LogP contribution in [0.4, 0.5) is 4.79 Å². The number of carbonyl (C=O) groups is 2. The van der Waals surface area contributed by atoms with Crippen molar-refractivity contribution in [2.45, 2.75) is 45.3 Å². The highest BCUT2D eigenvalue weighted by Crippen LogP contribution is 2.30. The van der Waals surface area contributed by atoms with E-state index in [2.05, 4.69) is 65.6 Å². The summed E-state index contributed by atoms with van der Waals surface area (Å²) < 4.78 is 5.48. The van der Waals surface area contributed by atoms with E-state index in [9.17, 15) is 9.59 Å². The lowest BCUT2D eigenvalue weighted by Crippen LogP contribution is -2.52. The van der Waals surface area contributed by atoms with Gasteiger partial charge in [-0.25, -0.2) is 4.79 Å². The third-order valence-electron chi connectivity index (χ3n) is 6.72. The van der Waals surface area contributed by atoms with Crippen molar-refractivity contribution in [2.75, 3.05) is 39.3 Å². The summed E-state index contributed by atoms with van der Waals surface area (Å²) in [6.07, 6.45) is 1.13. The molecule has 2 aromatic carbocycles. The molecule has 0 saturated carbocycles. The second-order valence-corrected chi connectivity index (χ2v) is 10.3. The van der Waals surface area contributed by atoms with E-state index in [1.807, 2.05) is 25.7 Å². The third kappa shape index (κ3) is 5.98. The van der Waals surface area contributed by atoms with E-state index in [1.165, 1.54) is 11.1 Å². The summed E-state index contributed by atoms with van der Waals surface area (Å²) >= 11 is 0. The van der Waals surface area contributed by atoms with Gasteiger partial charge in [0.2, 0.25) is 5.91 Å². The fourth-order valence-corrected chi connectivity index (χ4v) is 4.98. The molecule has 6 nitrogen and oxygen atoms in total. The Kier molecular flexibility index (Phi) is 7.57. The molecule has 0 unspecified atom stereocenters. The predicted molar refractivity (Wildman–Crippen MR) is 133 cm³/mol. The third-order valence-corrected chi connectivity index (χ3v) is 6.72. The Morgan fingerprint density at radius 2 is 1.26 bits per heavy atom. The van der Waals surface area contributed by atoms with Gasteiger partial charge in [0, 0.05) is 45.2 Å². The maximum absolute atomic E-state index is 13.2. The van der Waals surface area contributed by atoms with Gasteiger partial charge in [0.05, 0.1) is 6.04 Å². The highest BCUT2D eigenvalue weighted by atomic mass is 16.6. The molecular weight excluding hydrogens is 426 g/mol. The largest absolute Gasteiger partial charge is 0.444 e. The quantitative estimate of drug-likeness (QED) is 0.667. The molecule has 4 rings (SSSR count). The number of amides is 2. The molecule has 0 aliphatic carbocycles. The normalized spacial score (nSPS) is 18.2. The number of hydrogen-bond acceptors (Lipinski definition) is 4. The molecule has 0 N–H and O–H groups in total. The Labute approximate surface area is 203 Å². The average molecular weight is 464 g/mol. The molecule has 0 radical (unpaired) electrons. The molecule has 6 heteroatoms. The number of benzene rings is 2. The van der Waals surface area contributed by atoms with E-state index < -0.39 is 5.60 Å². The molecule has 2 heterocycles. The molecule has 0 spiro atoms. The fourth-order valence-electron chi connectivity index (χ4n) is 4.98. The van der Waals surface area contributed by atoms with Crippen LogP contribution in [0.15, 0.2) is 60.7 Å². The number of nitrogens with zero attached hydrogens (tertiary/aromatic N) is 3. The van der Waals surface area contributed by atoms with E-state index in [0.717, 1.165) is 26.2 Å². The van der Waals surface area contributed by atoms with Crippen LogP contribution in [0.25, 0.3) is 0 Å². The van der Waals surface area contributed by atoms with Crippen LogP contribution in [0.2, 0.25) is 0 Å². The fraction of sp³-hybridized carbons (Fsp3) is 0.500. The number of carbonyl (C=O) groups excluding carboxylic acids is 2. The van der Waals surface area contributed by atoms with Crippen LogP contribution in [0, 0.1) is 5.92 Å². The summed E-state index contributed by atoms with van der Waals surface area (Å²) in [6.45, 7) is 9.95. The maximum atomic E-state index is 13.2. The summed E-state index contributed by atoms with van der Waals surface area (Å²) in [5, 5.41) is 0. The smallest absolute Gasteiger partial charge is 0.410 e. The van der Waals surface area contributed by atoms with E-state index in [-0.39, 0.29) is 24.0 Å². The standard InChI is InChI=1S/C28H37N3O3/c1-28(2,3)34-27(33)31-16-14-24(15-17-31)26(32)30-20-18-29(19-21-30)25(22-10-6-4-7-11-22)23-12-8-5-9-13-23/h4-13,24-25H,14-21H2,1-3H3. The Morgan fingerprint density at radius 1 is 0.765 bits per heavy atom. The monoisotopic (exact) mass is 463 g/mol. The van der Waals surface area contributed by atoms with Gasteiger partial charge >= 0.3 is 6.09 Å². The SMILES string of the molecule is CC(C)(C)OC(=O)N1CCC(C(=O)N2CCN(C(c3ccccc3)c3ccccc3)CC2)CC1. The zero-order valence-corrected chi connectivity index (χ0v) is 20.7. The number of rotatable bonds is 4. The highest BCUT2D eigenvalue weighted by molar-refractivity contribution is 5.79. The summed E-state index contributed by atoms with van der Waals surface area (Å²) in [7, 11) is 0. The Balaban J connectivity index is 1.33. The summed E-state index contributed by atoms with van der Waals surface area (Å²) in [5.41, 5.74) is 2.06. The van der Waals surface area contributed by atoms with Crippen molar-refractivity contribution in [3.05, 3.63) is 71.8 Å². The minimum Gasteiger partial charge on any atom is -0.444 e. The zero-order valence-electron chi connectivity index (χ0n) is 20.7. The van der Waals surface area contributed by atoms with Crippen LogP contribution >= 0.6 is 0 Å². The van der Waals surface area contributed by atoms with Crippen molar-refractivity contribution in [1.29, 1.82) is 0 Å². The molecule has 2 amide bonds. The number of hydrogen-bond donors (Lipinski definition) is 0. The van der Waals surface area contributed by atoms with Crippen molar-refractivity contribution >= 4 is 12.0 Å². The van der Waals surface area contributed by atoms with Crippen LogP contribution in [0.3, 0.4) is 0 Å². The topological polar surface area (TPSA) is 53.1 Å². The molecule has 2 aromatic rings. The lowest BCUT2D eigenvalue weighted by molar-refractivity contribution is -0.139. The Hall–Kier alpha value is -2.86. The van der Waals surface area contributed by atoms with E-state index in [1.54, 1.807) is 4.90 Å². The molecule has 2 aliphatic rings. The van der Waals surface area contributed by atoms with Crippen LogP contribution in [-0.2, 0) is 9.53 Å². The van der Waals surface area contributed by atoms with Crippen LogP contribution < -0.4 is 0 Å². The summed E-state index contributed by atoms with van der Waals surface area (Å²) in [4.78, 5) is 31.8. The first-order chi connectivity index (χ1) is 16.3. The van der Waals surface area contributed by atoms with Gasteiger partial charge in [-0.1, -0.05) is 60.7 Å². The molecule has 182 valence electrons. The molecule has 0 bridgehead atoms. The van der Waals surface area contributed by atoms with Crippen LogP contribution in [0.5, 0.6) is 0 Å². The first kappa shape index (κ1) is 24.3. The molecule has 2 aliphatic heterocycles. The van der Waals surface area contributed by atoms with Crippen LogP contribution in [-0.4, -0.2) is 71.6 Å². The average Bonchev–Trinajstić information content (AvgIpc) is 2.85. The molecular formula is C28H37N3O3. The lowest BCUT2D eigenvalue weighted by atomic mass is 9.94. The first-order valence-corrected chi connectivity index (χ1v) is 12.4. The molecule has 2 saturated heterocycles. The highest BCUT2D eigenvalue weighted by Gasteiger charge is 2.34. The zero-order chi connectivity index (χ0) is 24.1. The van der Waals surface area contributed by atoms with Gasteiger partial charge in [0.15, 0.2) is 0 Å². The van der Waals surface area contributed by atoms with Gasteiger partial charge in [0.25, 0.3) is 0 Å². The van der Waals surface area contributed by atoms with Crippen molar-refractivity contribution < 1.29 is 14.3 Å². The van der Waals surface area contributed by atoms with E-state index >= 15 is 0 Å². The molecule has 0 atom stereocenters. The van der Waals surface area contributed by atoms with Gasteiger partial charge in [-0.3, -0.25) is 9.69 Å². The number of piperidine rings is 1. The summed E-state index contributed by atoms with van der Waals surface area (Å²) in [5.74, 6) is 0.226. The van der Waals surface area contributed by atoms with Gasteiger partial charge in [-0.2, -0.15) is 0 Å². The minimum absolute atomic E-state index is 0.00993. The van der Waals surface area contributed by atoms with E-state index in [0.29, 0.717) is 25.9 Å². The molecule has 2 fully saturated rings. The molecule has 0 aromatic heterocycles. The van der Waals surface area contributed by atoms with Crippen molar-refractivity contribution in [3.8, 4) is 0 Å². The first-order valence-electron chi connectivity index (χ1n) is 12.4. The van der Waals surface area contributed by atoms with Gasteiger partial charge < -0.3 is 14.5 Å².